The van der Waals surface area contributed by atoms with E-state index in [9.17, 15) is 9.50 Å². The molecule has 0 saturated heterocycles. The zero-order chi connectivity index (χ0) is 13.1. The Hall–Kier alpha value is -1.79. The van der Waals surface area contributed by atoms with Crippen molar-refractivity contribution in [3.63, 3.8) is 0 Å². The lowest BCUT2D eigenvalue weighted by Crippen LogP contribution is -2.06. The SMILES string of the molecule is Cc1ccc(-c2noc(C(O)CCN)n2)cc1F. The third-order valence-electron chi connectivity index (χ3n) is 2.60. The molecule has 6 heteroatoms. The molecule has 96 valence electrons. The van der Waals surface area contributed by atoms with Crippen molar-refractivity contribution >= 4 is 0 Å². The average molecular weight is 251 g/mol. The summed E-state index contributed by atoms with van der Waals surface area (Å²) in [6.07, 6.45) is -0.546. The van der Waals surface area contributed by atoms with Crippen molar-refractivity contribution in [2.75, 3.05) is 6.54 Å². The van der Waals surface area contributed by atoms with Crippen molar-refractivity contribution in [1.82, 2.24) is 10.1 Å². The van der Waals surface area contributed by atoms with Gasteiger partial charge in [0.2, 0.25) is 5.82 Å². The van der Waals surface area contributed by atoms with E-state index >= 15 is 0 Å². The molecule has 18 heavy (non-hydrogen) atoms. The molecule has 0 aliphatic heterocycles. The first-order chi connectivity index (χ1) is 8.61. The molecule has 0 fully saturated rings. The van der Waals surface area contributed by atoms with Gasteiger partial charge in [-0.1, -0.05) is 17.3 Å². The van der Waals surface area contributed by atoms with Crippen LogP contribution in [0.15, 0.2) is 22.7 Å². The molecule has 2 rings (SSSR count). The van der Waals surface area contributed by atoms with Crippen LogP contribution < -0.4 is 5.73 Å². The maximum atomic E-state index is 13.4. The largest absolute Gasteiger partial charge is 0.383 e. The zero-order valence-electron chi connectivity index (χ0n) is 9.93. The second-order valence-electron chi connectivity index (χ2n) is 4.01. The maximum absolute atomic E-state index is 13.4. The van der Waals surface area contributed by atoms with Crippen molar-refractivity contribution in [3.05, 3.63) is 35.5 Å². The molecule has 1 unspecified atom stereocenters. The molecule has 1 aromatic carbocycles. The van der Waals surface area contributed by atoms with Gasteiger partial charge in [-0.3, -0.25) is 0 Å². The number of halogens is 1. The van der Waals surface area contributed by atoms with Gasteiger partial charge in [0.1, 0.15) is 11.9 Å². The van der Waals surface area contributed by atoms with E-state index in [4.69, 9.17) is 10.3 Å². The van der Waals surface area contributed by atoms with Crippen LogP contribution in [0.2, 0.25) is 0 Å². The van der Waals surface area contributed by atoms with Crippen LogP contribution in [0.25, 0.3) is 11.4 Å². The lowest BCUT2D eigenvalue weighted by atomic mass is 10.1. The molecule has 0 bridgehead atoms. The monoisotopic (exact) mass is 251 g/mol. The van der Waals surface area contributed by atoms with Crippen molar-refractivity contribution in [2.45, 2.75) is 19.4 Å². The Morgan fingerprint density at radius 1 is 1.50 bits per heavy atom. The molecule has 1 atom stereocenters. The van der Waals surface area contributed by atoms with Crippen molar-refractivity contribution in [2.24, 2.45) is 5.73 Å². The van der Waals surface area contributed by atoms with E-state index in [2.05, 4.69) is 10.1 Å². The Morgan fingerprint density at radius 2 is 2.28 bits per heavy atom. The molecule has 0 radical (unpaired) electrons. The second-order valence-corrected chi connectivity index (χ2v) is 4.01. The number of rotatable bonds is 4. The van der Waals surface area contributed by atoms with Gasteiger partial charge in [-0.15, -0.1) is 0 Å². The molecule has 2 aromatic rings. The van der Waals surface area contributed by atoms with Crippen molar-refractivity contribution in [3.8, 4) is 11.4 Å². The summed E-state index contributed by atoms with van der Waals surface area (Å²) >= 11 is 0. The number of aromatic nitrogens is 2. The van der Waals surface area contributed by atoms with E-state index < -0.39 is 6.10 Å². The predicted octanol–water partition coefficient (Wildman–Crippen LogP) is 1.57. The first-order valence-corrected chi connectivity index (χ1v) is 5.60. The van der Waals surface area contributed by atoms with Crippen molar-refractivity contribution < 1.29 is 14.0 Å². The molecule has 1 aromatic heterocycles. The highest BCUT2D eigenvalue weighted by molar-refractivity contribution is 5.54. The molecule has 0 spiro atoms. The smallest absolute Gasteiger partial charge is 0.255 e. The summed E-state index contributed by atoms with van der Waals surface area (Å²) < 4.78 is 18.3. The predicted molar refractivity (Wildman–Crippen MR) is 63.1 cm³/mol. The molecule has 3 N–H and O–H groups in total. The molecule has 0 amide bonds. The molecular weight excluding hydrogens is 237 g/mol. The molecule has 1 heterocycles. The Labute approximate surface area is 103 Å². The summed E-state index contributed by atoms with van der Waals surface area (Å²) in [7, 11) is 0. The minimum Gasteiger partial charge on any atom is -0.383 e. The van der Waals surface area contributed by atoms with Crippen LogP contribution in [0.3, 0.4) is 0 Å². The quantitative estimate of drug-likeness (QED) is 0.861. The lowest BCUT2D eigenvalue weighted by molar-refractivity contribution is 0.127. The van der Waals surface area contributed by atoms with Gasteiger partial charge in [0.15, 0.2) is 0 Å². The summed E-state index contributed by atoms with van der Waals surface area (Å²) in [5.41, 5.74) is 6.38. The van der Waals surface area contributed by atoms with E-state index in [1.54, 1.807) is 19.1 Å². The topological polar surface area (TPSA) is 85.2 Å². The number of hydrogen-bond acceptors (Lipinski definition) is 5. The van der Waals surface area contributed by atoms with Crippen LogP contribution in [0.5, 0.6) is 0 Å². The van der Waals surface area contributed by atoms with Crippen LogP contribution in [0, 0.1) is 12.7 Å². The Balaban J connectivity index is 2.26. The lowest BCUT2D eigenvalue weighted by Gasteiger charge is -2.01. The van der Waals surface area contributed by atoms with Crippen LogP contribution in [-0.2, 0) is 0 Å². The highest BCUT2D eigenvalue weighted by Crippen LogP contribution is 2.21. The number of nitrogens with zero attached hydrogens (tertiary/aromatic N) is 2. The Bertz CT molecular complexity index is 542. The highest BCUT2D eigenvalue weighted by atomic mass is 19.1. The number of nitrogens with two attached hydrogens (primary N) is 1. The van der Waals surface area contributed by atoms with Crippen molar-refractivity contribution in [1.29, 1.82) is 0 Å². The standard InChI is InChI=1S/C12H14FN3O2/c1-7-2-3-8(6-9(7)13)11-15-12(18-16-11)10(17)4-5-14/h2-3,6,10,17H,4-5,14H2,1H3. The molecule has 5 nitrogen and oxygen atoms in total. The van der Waals surface area contributed by atoms with Crippen LogP contribution in [-0.4, -0.2) is 21.8 Å². The van der Waals surface area contributed by atoms with Crippen LogP contribution in [0.1, 0.15) is 24.0 Å². The first kappa shape index (κ1) is 12.7. The van der Waals surface area contributed by atoms with E-state index in [1.807, 2.05) is 0 Å². The van der Waals surface area contributed by atoms with Crippen LogP contribution in [0.4, 0.5) is 4.39 Å². The normalized spacial score (nSPS) is 12.7. The summed E-state index contributed by atoms with van der Waals surface area (Å²) in [5.74, 6) is 0.0118. The zero-order valence-corrected chi connectivity index (χ0v) is 9.93. The minimum atomic E-state index is -0.883. The molecule has 0 saturated carbocycles. The fourth-order valence-corrected chi connectivity index (χ4v) is 1.50. The van der Waals surface area contributed by atoms with Gasteiger partial charge in [-0.25, -0.2) is 4.39 Å². The Morgan fingerprint density at radius 3 is 2.94 bits per heavy atom. The summed E-state index contributed by atoms with van der Waals surface area (Å²) in [6, 6.07) is 4.67. The van der Waals surface area contributed by atoms with E-state index in [0.29, 0.717) is 24.1 Å². The second kappa shape index (κ2) is 5.24. The van der Waals surface area contributed by atoms with E-state index in [-0.39, 0.29) is 17.5 Å². The first-order valence-electron chi connectivity index (χ1n) is 5.60. The third kappa shape index (κ3) is 2.55. The van der Waals surface area contributed by atoms with Crippen LogP contribution >= 0.6 is 0 Å². The van der Waals surface area contributed by atoms with Gasteiger partial charge in [0, 0.05) is 5.56 Å². The maximum Gasteiger partial charge on any atom is 0.255 e. The number of hydrogen-bond donors (Lipinski definition) is 2. The van der Waals surface area contributed by atoms with Gasteiger partial charge in [0.25, 0.3) is 5.89 Å². The number of aliphatic hydroxyl groups is 1. The molecular formula is C12H14FN3O2. The fourth-order valence-electron chi connectivity index (χ4n) is 1.50. The molecule has 0 aliphatic carbocycles. The Kier molecular flexibility index (Phi) is 3.69. The van der Waals surface area contributed by atoms with Gasteiger partial charge in [-0.05, 0) is 31.5 Å². The van der Waals surface area contributed by atoms with Gasteiger partial charge < -0.3 is 15.4 Å². The number of benzene rings is 1. The third-order valence-corrected chi connectivity index (χ3v) is 2.60. The van der Waals surface area contributed by atoms with Gasteiger partial charge >= 0.3 is 0 Å². The molecule has 0 aliphatic rings. The minimum absolute atomic E-state index is 0.0939. The van der Waals surface area contributed by atoms with E-state index in [1.165, 1.54) is 6.07 Å². The van der Waals surface area contributed by atoms with Gasteiger partial charge in [0.05, 0.1) is 0 Å². The number of aliphatic hydroxyl groups excluding tert-OH is 1. The van der Waals surface area contributed by atoms with E-state index in [0.717, 1.165) is 0 Å². The highest BCUT2D eigenvalue weighted by Gasteiger charge is 2.16. The fraction of sp³-hybridized carbons (Fsp3) is 0.333. The number of aryl methyl sites for hydroxylation is 1. The average Bonchev–Trinajstić information content (AvgIpc) is 2.82. The van der Waals surface area contributed by atoms with Gasteiger partial charge in [-0.2, -0.15) is 4.98 Å². The summed E-state index contributed by atoms with van der Waals surface area (Å²) in [6.45, 7) is 1.99. The summed E-state index contributed by atoms with van der Waals surface area (Å²) in [5, 5.41) is 13.3. The summed E-state index contributed by atoms with van der Waals surface area (Å²) in [4.78, 5) is 4.02.